The first-order valence-corrected chi connectivity index (χ1v) is 7.62. The van der Waals surface area contributed by atoms with E-state index in [1.165, 1.54) is 12.8 Å². The number of aromatic nitrogens is 1. The zero-order valence-electron chi connectivity index (χ0n) is 13.2. The fourth-order valence-electron chi connectivity index (χ4n) is 2.09. The molecule has 1 aromatic heterocycles. The second kappa shape index (κ2) is 7.09. The largest absolute Gasteiger partial charge is 0.432 e. The van der Waals surface area contributed by atoms with Gasteiger partial charge >= 0.3 is 0 Å². The molecule has 1 aromatic rings. The van der Waals surface area contributed by atoms with Gasteiger partial charge in [-0.1, -0.05) is 13.8 Å². The van der Waals surface area contributed by atoms with E-state index in [1.807, 2.05) is 0 Å². The highest BCUT2D eigenvalue weighted by Crippen LogP contribution is 2.20. The molecule has 1 aliphatic carbocycles. The van der Waals surface area contributed by atoms with E-state index in [0.29, 0.717) is 12.0 Å². The highest BCUT2D eigenvalue weighted by Gasteiger charge is 2.21. The average Bonchev–Trinajstić information content (AvgIpc) is 3.09. The van der Waals surface area contributed by atoms with Crippen molar-refractivity contribution >= 4 is 6.01 Å². The van der Waals surface area contributed by atoms with Crippen molar-refractivity contribution in [1.82, 2.24) is 15.2 Å². The van der Waals surface area contributed by atoms with Crippen molar-refractivity contribution in [3.63, 3.8) is 0 Å². The molecule has 0 aromatic carbocycles. The quantitative estimate of drug-likeness (QED) is 0.749. The van der Waals surface area contributed by atoms with Gasteiger partial charge in [0.1, 0.15) is 6.26 Å². The molecule has 20 heavy (non-hydrogen) atoms. The zero-order valence-corrected chi connectivity index (χ0v) is 13.2. The third-order valence-electron chi connectivity index (χ3n) is 3.36. The van der Waals surface area contributed by atoms with Crippen LogP contribution in [0.5, 0.6) is 0 Å². The first-order valence-electron chi connectivity index (χ1n) is 7.62. The SMILES string of the molecule is CC(C)CN(CCN(C)C)c1nc(CNC2CC2)co1. The number of oxazole rings is 1. The molecule has 0 aliphatic heterocycles. The van der Waals surface area contributed by atoms with E-state index in [0.717, 1.165) is 37.9 Å². The van der Waals surface area contributed by atoms with Gasteiger partial charge in [0.25, 0.3) is 6.01 Å². The Morgan fingerprint density at radius 3 is 2.70 bits per heavy atom. The maximum Gasteiger partial charge on any atom is 0.297 e. The van der Waals surface area contributed by atoms with E-state index < -0.39 is 0 Å². The van der Waals surface area contributed by atoms with E-state index in [4.69, 9.17) is 4.42 Å². The van der Waals surface area contributed by atoms with Gasteiger partial charge in [-0.2, -0.15) is 4.98 Å². The average molecular weight is 280 g/mol. The summed E-state index contributed by atoms with van der Waals surface area (Å²) in [4.78, 5) is 9.05. The number of nitrogens with zero attached hydrogens (tertiary/aromatic N) is 3. The Morgan fingerprint density at radius 1 is 1.35 bits per heavy atom. The van der Waals surface area contributed by atoms with Crippen molar-refractivity contribution in [3.8, 4) is 0 Å². The van der Waals surface area contributed by atoms with Crippen LogP contribution >= 0.6 is 0 Å². The van der Waals surface area contributed by atoms with E-state index in [9.17, 15) is 0 Å². The Hall–Kier alpha value is -1.07. The lowest BCUT2D eigenvalue weighted by Crippen LogP contribution is -2.34. The molecule has 1 aliphatic rings. The van der Waals surface area contributed by atoms with Crippen molar-refractivity contribution in [2.24, 2.45) is 5.92 Å². The predicted molar refractivity (Wildman–Crippen MR) is 82.0 cm³/mol. The fraction of sp³-hybridized carbons (Fsp3) is 0.800. The van der Waals surface area contributed by atoms with Gasteiger partial charge in [0.2, 0.25) is 0 Å². The number of anilines is 1. The van der Waals surface area contributed by atoms with Crippen LogP contribution in [0.3, 0.4) is 0 Å². The zero-order chi connectivity index (χ0) is 14.5. The van der Waals surface area contributed by atoms with E-state index >= 15 is 0 Å². The third kappa shape index (κ3) is 5.13. The van der Waals surface area contributed by atoms with Crippen molar-refractivity contribution in [2.75, 3.05) is 38.6 Å². The van der Waals surface area contributed by atoms with Gasteiger partial charge in [0.15, 0.2) is 0 Å². The molecular weight excluding hydrogens is 252 g/mol. The minimum atomic E-state index is 0.595. The normalized spacial score (nSPS) is 15.3. The van der Waals surface area contributed by atoms with E-state index in [-0.39, 0.29) is 0 Å². The maximum atomic E-state index is 5.67. The van der Waals surface area contributed by atoms with Gasteiger partial charge in [0, 0.05) is 32.2 Å². The summed E-state index contributed by atoms with van der Waals surface area (Å²) in [6, 6.07) is 1.46. The molecule has 0 bridgehead atoms. The molecule has 1 fully saturated rings. The van der Waals surface area contributed by atoms with Crippen molar-refractivity contribution < 1.29 is 4.42 Å². The summed E-state index contributed by atoms with van der Waals surface area (Å²) in [6.45, 7) is 8.19. The summed E-state index contributed by atoms with van der Waals surface area (Å²) < 4.78 is 5.67. The molecule has 0 atom stereocenters. The Bertz CT molecular complexity index is 398. The minimum absolute atomic E-state index is 0.595. The van der Waals surface area contributed by atoms with Crippen LogP contribution in [0.4, 0.5) is 6.01 Å². The second-order valence-corrected chi connectivity index (χ2v) is 6.42. The molecule has 0 spiro atoms. The van der Waals surface area contributed by atoms with Crippen molar-refractivity contribution in [1.29, 1.82) is 0 Å². The minimum Gasteiger partial charge on any atom is -0.432 e. The van der Waals surface area contributed by atoms with E-state index in [2.05, 4.69) is 48.0 Å². The number of hydrogen-bond acceptors (Lipinski definition) is 5. The van der Waals surface area contributed by atoms with Crippen LogP contribution in [-0.4, -0.2) is 49.7 Å². The van der Waals surface area contributed by atoms with Gasteiger partial charge in [-0.3, -0.25) is 0 Å². The lowest BCUT2D eigenvalue weighted by molar-refractivity contribution is 0.399. The molecule has 5 nitrogen and oxygen atoms in total. The Labute approximate surface area is 122 Å². The molecule has 2 rings (SSSR count). The summed E-state index contributed by atoms with van der Waals surface area (Å²) in [7, 11) is 4.18. The first kappa shape index (κ1) is 15.3. The van der Waals surface area contributed by atoms with Gasteiger partial charge in [-0.15, -0.1) is 0 Å². The van der Waals surface area contributed by atoms with Gasteiger partial charge < -0.3 is 19.5 Å². The first-order chi connectivity index (χ1) is 9.54. The monoisotopic (exact) mass is 280 g/mol. The third-order valence-corrected chi connectivity index (χ3v) is 3.36. The lowest BCUT2D eigenvalue weighted by Gasteiger charge is -2.24. The Balaban J connectivity index is 1.91. The molecule has 1 saturated carbocycles. The Kier molecular flexibility index (Phi) is 5.43. The highest BCUT2D eigenvalue weighted by molar-refractivity contribution is 5.27. The van der Waals surface area contributed by atoms with Crippen LogP contribution in [0.2, 0.25) is 0 Å². The van der Waals surface area contributed by atoms with Crippen LogP contribution in [0.25, 0.3) is 0 Å². The molecule has 0 saturated heterocycles. The molecule has 0 unspecified atom stereocenters. The maximum absolute atomic E-state index is 5.67. The molecule has 5 heteroatoms. The molecule has 0 radical (unpaired) electrons. The predicted octanol–water partition coefficient (Wildman–Crippen LogP) is 1.95. The van der Waals surface area contributed by atoms with Crippen molar-refractivity contribution in [2.45, 2.75) is 39.3 Å². The van der Waals surface area contributed by atoms with Gasteiger partial charge in [0.05, 0.1) is 5.69 Å². The molecule has 114 valence electrons. The number of rotatable bonds is 9. The Morgan fingerprint density at radius 2 is 2.10 bits per heavy atom. The van der Waals surface area contributed by atoms with Crippen LogP contribution in [0, 0.1) is 5.92 Å². The van der Waals surface area contributed by atoms with Crippen molar-refractivity contribution in [3.05, 3.63) is 12.0 Å². The number of nitrogens with one attached hydrogen (secondary N) is 1. The topological polar surface area (TPSA) is 44.5 Å². The molecular formula is C15H28N4O. The summed E-state index contributed by atoms with van der Waals surface area (Å²) in [5.74, 6) is 0.595. The van der Waals surface area contributed by atoms with E-state index in [1.54, 1.807) is 6.26 Å². The summed E-state index contributed by atoms with van der Waals surface area (Å²) in [5, 5.41) is 3.47. The standard InChI is InChI=1S/C15H28N4O/c1-12(2)10-19(8-7-18(3)4)15-17-14(11-20-15)9-16-13-5-6-13/h11-13,16H,5-10H2,1-4H3. The van der Waals surface area contributed by atoms with Gasteiger partial charge in [-0.25, -0.2) is 0 Å². The smallest absolute Gasteiger partial charge is 0.297 e. The summed E-state index contributed by atoms with van der Waals surface area (Å²) in [6.07, 6.45) is 4.38. The molecule has 0 amide bonds. The second-order valence-electron chi connectivity index (χ2n) is 6.42. The fourth-order valence-corrected chi connectivity index (χ4v) is 2.09. The number of hydrogen-bond donors (Lipinski definition) is 1. The van der Waals surface area contributed by atoms with Crippen LogP contribution in [-0.2, 0) is 6.54 Å². The van der Waals surface area contributed by atoms with Gasteiger partial charge in [-0.05, 0) is 32.9 Å². The molecule has 1 N–H and O–H groups in total. The van der Waals surface area contributed by atoms with Crippen LogP contribution in [0.1, 0.15) is 32.4 Å². The summed E-state index contributed by atoms with van der Waals surface area (Å²) in [5.41, 5.74) is 1.01. The van der Waals surface area contributed by atoms with Crippen LogP contribution in [0.15, 0.2) is 10.7 Å². The molecule has 1 heterocycles. The highest BCUT2D eigenvalue weighted by atomic mass is 16.4. The summed E-state index contributed by atoms with van der Waals surface area (Å²) >= 11 is 0. The lowest BCUT2D eigenvalue weighted by atomic mass is 10.2. The van der Waals surface area contributed by atoms with Crippen LogP contribution < -0.4 is 10.2 Å². The number of likely N-dealkylation sites (N-methyl/N-ethyl adjacent to an activating group) is 1.